The summed E-state index contributed by atoms with van der Waals surface area (Å²) in [5.74, 6) is -1.25. The third kappa shape index (κ3) is 3.12. The van der Waals surface area contributed by atoms with E-state index in [1.807, 2.05) is 61.2 Å². The molecular formula is C19H22N2O3. The minimum atomic E-state index is -0.785. The number of hydrogen-bond acceptors (Lipinski definition) is 3. The highest BCUT2D eigenvalue weighted by molar-refractivity contribution is 6.03. The van der Waals surface area contributed by atoms with Crippen molar-refractivity contribution in [2.45, 2.75) is 19.9 Å². The van der Waals surface area contributed by atoms with Crippen molar-refractivity contribution in [2.24, 2.45) is 11.8 Å². The zero-order valence-electron chi connectivity index (χ0n) is 13.9. The number of rotatable bonds is 4. The number of carboxylic acid groups (broad SMARTS) is 1. The third-order valence-corrected chi connectivity index (χ3v) is 4.93. The van der Waals surface area contributed by atoms with Crippen LogP contribution in [0, 0.1) is 11.8 Å². The van der Waals surface area contributed by atoms with Crippen LogP contribution >= 0.6 is 0 Å². The molecule has 1 heterocycles. The zero-order valence-corrected chi connectivity index (χ0v) is 13.9. The molecule has 1 unspecified atom stereocenters. The molecule has 0 radical (unpaired) electrons. The number of nitrogens with zero attached hydrogens (tertiary/aromatic N) is 1. The molecular weight excluding hydrogens is 304 g/mol. The Morgan fingerprint density at radius 2 is 1.88 bits per heavy atom. The highest BCUT2D eigenvalue weighted by atomic mass is 16.4. The van der Waals surface area contributed by atoms with Crippen LogP contribution in [0.15, 0.2) is 42.5 Å². The number of nitrogens with one attached hydrogen (secondary N) is 1. The maximum absolute atomic E-state index is 12.6. The molecule has 0 saturated carbocycles. The summed E-state index contributed by atoms with van der Waals surface area (Å²) in [4.78, 5) is 25.8. The van der Waals surface area contributed by atoms with Crippen LogP contribution in [0.3, 0.4) is 0 Å². The fourth-order valence-corrected chi connectivity index (χ4v) is 3.38. The molecule has 5 heteroatoms. The lowest BCUT2D eigenvalue weighted by Crippen LogP contribution is -2.41. The molecule has 2 aromatic carbocycles. The quantitative estimate of drug-likeness (QED) is 0.906. The first-order valence-corrected chi connectivity index (χ1v) is 8.23. The van der Waals surface area contributed by atoms with Crippen molar-refractivity contribution in [2.75, 3.05) is 18.4 Å². The van der Waals surface area contributed by atoms with Gasteiger partial charge in [-0.05, 0) is 24.3 Å². The number of benzene rings is 2. The molecule has 2 aromatic rings. The normalized spacial score (nSPS) is 22.4. The third-order valence-electron chi connectivity index (χ3n) is 4.93. The van der Waals surface area contributed by atoms with Crippen molar-refractivity contribution in [1.82, 2.24) is 4.90 Å². The molecule has 2 N–H and O–H groups in total. The first-order chi connectivity index (χ1) is 11.5. The van der Waals surface area contributed by atoms with Crippen LogP contribution in [-0.2, 0) is 9.59 Å². The summed E-state index contributed by atoms with van der Waals surface area (Å²) >= 11 is 0. The van der Waals surface area contributed by atoms with Crippen LogP contribution < -0.4 is 5.32 Å². The minimum Gasteiger partial charge on any atom is -0.481 e. The van der Waals surface area contributed by atoms with Crippen molar-refractivity contribution in [3.63, 3.8) is 0 Å². The Labute approximate surface area is 141 Å². The summed E-state index contributed by atoms with van der Waals surface area (Å²) < 4.78 is 0. The Balaban J connectivity index is 1.74. The van der Waals surface area contributed by atoms with Gasteiger partial charge in [-0.15, -0.1) is 0 Å². The van der Waals surface area contributed by atoms with E-state index in [9.17, 15) is 14.7 Å². The molecule has 0 aromatic heterocycles. The van der Waals surface area contributed by atoms with E-state index in [1.54, 1.807) is 0 Å². The first-order valence-electron chi connectivity index (χ1n) is 8.23. The second-order valence-corrected chi connectivity index (χ2v) is 6.57. The Morgan fingerprint density at radius 3 is 2.58 bits per heavy atom. The molecule has 1 amide bonds. The van der Waals surface area contributed by atoms with Crippen molar-refractivity contribution >= 4 is 28.3 Å². The van der Waals surface area contributed by atoms with Gasteiger partial charge >= 0.3 is 5.97 Å². The molecule has 3 atom stereocenters. The fraction of sp³-hybridized carbons (Fsp3) is 0.368. The monoisotopic (exact) mass is 326 g/mol. The topological polar surface area (TPSA) is 69.6 Å². The van der Waals surface area contributed by atoms with Crippen LogP contribution in [0.2, 0.25) is 0 Å². The molecule has 5 nitrogen and oxygen atoms in total. The summed E-state index contributed by atoms with van der Waals surface area (Å²) in [7, 11) is 0. The Morgan fingerprint density at radius 1 is 1.17 bits per heavy atom. The number of carbonyl (C=O) groups is 2. The second-order valence-electron chi connectivity index (χ2n) is 6.57. The number of anilines is 1. The smallest absolute Gasteiger partial charge is 0.308 e. The van der Waals surface area contributed by atoms with Crippen LogP contribution in [0.5, 0.6) is 0 Å². The average Bonchev–Trinajstić information content (AvgIpc) is 2.96. The van der Waals surface area contributed by atoms with E-state index in [-0.39, 0.29) is 17.9 Å². The Bertz CT molecular complexity index is 769. The molecule has 1 aliphatic rings. The van der Waals surface area contributed by atoms with Gasteiger partial charge in [0.05, 0.1) is 12.0 Å². The van der Waals surface area contributed by atoms with Crippen molar-refractivity contribution in [1.29, 1.82) is 0 Å². The lowest BCUT2D eigenvalue weighted by molar-refractivity contribution is -0.142. The van der Waals surface area contributed by atoms with Gasteiger partial charge in [0.1, 0.15) is 0 Å². The van der Waals surface area contributed by atoms with E-state index in [4.69, 9.17) is 0 Å². The van der Waals surface area contributed by atoms with Gasteiger partial charge in [-0.3, -0.25) is 14.5 Å². The highest BCUT2D eigenvalue weighted by Crippen LogP contribution is 2.26. The molecule has 1 saturated heterocycles. The predicted octanol–water partition coefficient (Wildman–Crippen LogP) is 2.82. The fourth-order valence-electron chi connectivity index (χ4n) is 3.38. The van der Waals surface area contributed by atoms with Crippen LogP contribution in [0.1, 0.15) is 13.8 Å². The van der Waals surface area contributed by atoms with Crippen LogP contribution in [0.4, 0.5) is 5.69 Å². The number of amides is 1. The number of hydrogen-bond donors (Lipinski definition) is 2. The summed E-state index contributed by atoms with van der Waals surface area (Å²) in [6, 6.07) is 13.3. The molecule has 126 valence electrons. The Kier molecular flexibility index (Phi) is 4.53. The molecule has 1 fully saturated rings. The largest absolute Gasteiger partial charge is 0.481 e. The summed E-state index contributed by atoms with van der Waals surface area (Å²) in [6.45, 7) is 4.80. The van der Waals surface area contributed by atoms with Crippen molar-refractivity contribution in [3.05, 3.63) is 42.5 Å². The zero-order chi connectivity index (χ0) is 17.3. The van der Waals surface area contributed by atoms with Gasteiger partial charge in [0, 0.05) is 24.2 Å². The number of fused-ring (bicyclic) bond motifs is 1. The summed E-state index contributed by atoms with van der Waals surface area (Å²) in [5.41, 5.74) is 0.784. The van der Waals surface area contributed by atoms with Crippen LogP contribution in [-0.4, -0.2) is 41.0 Å². The van der Waals surface area contributed by atoms with E-state index in [1.165, 1.54) is 0 Å². The van der Waals surface area contributed by atoms with Crippen molar-refractivity contribution < 1.29 is 14.7 Å². The van der Waals surface area contributed by atoms with Gasteiger partial charge in [-0.25, -0.2) is 0 Å². The van der Waals surface area contributed by atoms with E-state index < -0.39 is 11.9 Å². The maximum Gasteiger partial charge on any atom is 0.308 e. The highest BCUT2D eigenvalue weighted by Gasteiger charge is 2.38. The number of carbonyl (C=O) groups excluding carboxylic acids is 1. The number of likely N-dealkylation sites (tertiary alicyclic amines) is 1. The van der Waals surface area contributed by atoms with Crippen molar-refractivity contribution in [3.8, 4) is 0 Å². The molecule has 1 aliphatic heterocycles. The van der Waals surface area contributed by atoms with Gasteiger partial charge in [-0.2, -0.15) is 0 Å². The van der Waals surface area contributed by atoms with E-state index in [0.717, 1.165) is 16.5 Å². The lowest BCUT2D eigenvalue weighted by Gasteiger charge is -2.23. The molecule has 0 spiro atoms. The summed E-state index contributed by atoms with van der Waals surface area (Å²) in [5, 5.41) is 14.3. The molecule has 0 bridgehead atoms. The Hall–Kier alpha value is -2.40. The molecule has 24 heavy (non-hydrogen) atoms. The van der Waals surface area contributed by atoms with Crippen LogP contribution in [0.25, 0.3) is 10.8 Å². The standard InChI is InChI=1S/C19H22N2O3/c1-12-10-21(11-16(12)19(23)24)13(2)18(22)20-17-9-5-7-14-6-3-4-8-15(14)17/h3-9,12-13,16H,10-11H2,1-2H3,(H,20,22)(H,23,24)/t12-,13?,16-/m1/s1. The van der Waals surface area contributed by atoms with Gasteiger partial charge in [-0.1, -0.05) is 43.3 Å². The summed E-state index contributed by atoms with van der Waals surface area (Å²) in [6.07, 6.45) is 0. The predicted molar refractivity (Wildman–Crippen MR) is 93.9 cm³/mol. The first kappa shape index (κ1) is 16.5. The van der Waals surface area contributed by atoms with Gasteiger partial charge in [0.25, 0.3) is 0 Å². The maximum atomic E-state index is 12.6. The van der Waals surface area contributed by atoms with E-state index in [0.29, 0.717) is 13.1 Å². The molecule has 3 rings (SSSR count). The van der Waals surface area contributed by atoms with E-state index >= 15 is 0 Å². The van der Waals surface area contributed by atoms with Gasteiger partial charge in [0.2, 0.25) is 5.91 Å². The minimum absolute atomic E-state index is 0.0512. The number of aliphatic carboxylic acids is 1. The SMILES string of the molecule is CC(C(=O)Nc1cccc2ccccc12)N1C[C@@H](C)[C@H](C(=O)O)C1. The number of carboxylic acids is 1. The van der Waals surface area contributed by atoms with E-state index in [2.05, 4.69) is 5.32 Å². The second kappa shape index (κ2) is 6.61. The lowest BCUT2D eigenvalue weighted by atomic mass is 9.99. The van der Waals surface area contributed by atoms with Gasteiger partial charge in [0.15, 0.2) is 0 Å². The van der Waals surface area contributed by atoms with Gasteiger partial charge < -0.3 is 10.4 Å². The molecule has 0 aliphatic carbocycles. The average molecular weight is 326 g/mol.